The maximum Gasteiger partial charge on any atom is 0.222 e. The third-order valence-electron chi connectivity index (χ3n) is 5.27. The molecule has 0 bridgehead atoms. The van der Waals surface area contributed by atoms with Crippen molar-refractivity contribution in [3.05, 3.63) is 35.4 Å². The fourth-order valence-electron chi connectivity index (χ4n) is 4.00. The molecule has 1 atom stereocenters. The molecule has 1 aliphatic heterocycles. The van der Waals surface area contributed by atoms with Crippen LogP contribution in [0.25, 0.3) is 0 Å². The summed E-state index contributed by atoms with van der Waals surface area (Å²) in [6.07, 6.45) is 8.00. The van der Waals surface area contributed by atoms with Crippen molar-refractivity contribution >= 4 is 5.91 Å². The highest BCUT2D eigenvalue weighted by molar-refractivity contribution is 5.76. The smallest absolute Gasteiger partial charge is 0.222 e. The van der Waals surface area contributed by atoms with E-state index in [0.717, 1.165) is 37.9 Å². The molecule has 3 rings (SSSR count). The van der Waals surface area contributed by atoms with Gasteiger partial charge in [0.05, 0.1) is 6.61 Å². The third-order valence-corrected chi connectivity index (χ3v) is 5.27. The predicted molar refractivity (Wildman–Crippen MR) is 87.3 cm³/mol. The minimum absolute atomic E-state index is 0.102. The van der Waals surface area contributed by atoms with E-state index in [2.05, 4.69) is 17.0 Å². The topological polar surface area (TPSA) is 40.5 Å². The molecule has 2 aliphatic rings. The monoisotopic (exact) mass is 301 g/mol. The zero-order chi connectivity index (χ0) is 15.4. The Hall–Kier alpha value is -1.35. The average molecular weight is 301 g/mol. The van der Waals surface area contributed by atoms with E-state index in [4.69, 9.17) is 0 Å². The first kappa shape index (κ1) is 15.5. The maximum atomic E-state index is 12.4. The van der Waals surface area contributed by atoms with Gasteiger partial charge in [0.2, 0.25) is 5.91 Å². The van der Waals surface area contributed by atoms with Gasteiger partial charge in [0.1, 0.15) is 0 Å². The normalized spacial score (nSPS) is 22.4. The number of benzene rings is 1. The largest absolute Gasteiger partial charge is 0.392 e. The summed E-state index contributed by atoms with van der Waals surface area (Å²) in [6, 6.07) is 8.18. The quantitative estimate of drug-likeness (QED) is 0.907. The van der Waals surface area contributed by atoms with Crippen LogP contribution in [-0.2, 0) is 17.8 Å². The minimum atomic E-state index is 0.102. The van der Waals surface area contributed by atoms with Crippen LogP contribution in [-0.4, -0.2) is 29.0 Å². The Labute approximate surface area is 133 Å². The van der Waals surface area contributed by atoms with Crippen LogP contribution in [0, 0.1) is 11.8 Å². The van der Waals surface area contributed by atoms with Gasteiger partial charge < -0.3 is 10.0 Å². The molecule has 2 fully saturated rings. The number of hydrogen-bond acceptors (Lipinski definition) is 2. The van der Waals surface area contributed by atoms with Crippen molar-refractivity contribution in [2.75, 3.05) is 13.1 Å². The van der Waals surface area contributed by atoms with Crippen LogP contribution in [0.3, 0.4) is 0 Å². The molecule has 0 aromatic heterocycles. The van der Waals surface area contributed by atoms with Crippen molar-refractivity contribution in [1.29, 1.82) is 0 Å². The van der Waals surface area contributed by atoms with Crippen LogP contribution in [0.15, 0.2) is 24.3 Å². The van der Waals surface area contributed by atoms with Gasteiger partial charge in [-0.25, -0.2) is 0 Å². The Kier molecular flexibility index (Phi) is 5.14. The summed E-state index contributed by atoms with van der Waals surface area (Å²) >= 11 is 0. The Morgan fingerprint density at radius 3 is 2.68 bits per heavy atom. The van der Waals surface area contributed by atoms with E-state index in [1.807, 2.05) is 12.1 Å². The zero-order valence-corrected chi connectivity index (χ0v) is 13.3. The van der Waals surface area contributed by atoms with Crippen molar-refractivity contribution < 1.29 is 9.90 Å². The Morgan fingerprint density at radius 2 is 1.91 bits per heavy atom. The van der Waals surface area contributed by atoms with Gasteiger partial charge in [-0.15, -0.1) is 0 Å². The van der Waals surface area contributed by atoms with E-state index in [9.17, 15) is 9.90 Å². The van der Waals surface area contributed by atoms with Gasteiger partial charge in [-0.2, -0.15) is 0 Å². The first-order valence-electron chi connectivity index (χ1n) is 8.71. The van der Waals surface area contributed by atoms with Gasteiger partial charge in [0, 0.05) is 19.5 Å². The third kappa shape index (κ3) is 3.89. The lowest BCUT2D eigenvalue weighted by Crippen LogP contribution is -2.30. The first-order valence-corrected chi connectivity index (χ1v) is 8.71. The highest BCUT2D eigenvalue weighted by Crippen LogP contribution is 2.29. The minimum Gasteiger partial charge on any atom is -0.392 e. The molecule has 1 aliphatic carbocycles. The van der Waals surface area contributed by atoms with E-state index in [1.54, 1.807) is 0 Å². The molecule has 0 spiro atoms. The fraction of sp³-hybridized carbons (Fsp3) is 0.632. The number of carbonyl (C=O) groups excluding carboxylic acids is 1. The van der Waals surface area contributed by atoms with Crippen LogP contribution in [0.2, 0.25) is 0 Å². The molecule has 3 nitrogen and oxygen atoms in total. The first-order chi connectivity index (χ1) is 10.7. The van der Waals surface area contributed by atoms with Crippen LogP contribution < -0.4 is 0 Å². The summed E-state index contributed by atoms with van der Waals surface area (Å²) in [5.41, 5.74) is 2.26. The lowest BCUT2D eigenvalue weighted by atomic mass is 9.97. The molecule has 22 heavy (non-hydrogen) atoms. The van der Waals surface area contributed by atoms with Gasteiger partial charge >= 0.3 is 0 Å². The van der Waals surface area contributed by atoms with Crippen molar-refractivity contribution in [1.82, 2.24) is 4.90 Å². The molecule has 0 radical (unpaired) electrons. The highest BCUT2D eigenvalue weighted by Gasteiger charge is 2.28. The van der Waals surface area contributed by atoms with Crippen molar-refractivity contribution in [2.24, 2.45) is 11.8 Å². The number of likely N-dealkylation sites (tertiary alicyclic amines) is 1. The van der Waals surface area contributed by atoms with Crippen LogP contribution in [0.1, 0.15) is 49.7 Å². The van der Waals surface area contributed by atoms with Crippen molar-refractivity contribution in [3.63, 3.8) is 0 Å². The summed E-state index contributed by atoms with van der Waals surface area (Å²) in [6.45, 7) is 1.94. The maximum absolute atomic E-state index is 12.4. The average Bonchev–Trinajstić information content (AvgIpc) is 3.19. The molecule has 1 aromatic carbocycles. The Balaban J connectivity index is 1.49. The number of aliphatic hydroxyl groups excluding tert-OH is 1. The summed E-state index contributed by atoms with van der Waals surface area (Å²) in [5, 5.41) is 9.22. The lowest BCUT2D eigenvalue weighted by molar-refractivity contribution is -0.131. The molecule has 1 saturated heterocycles. The molecule has 1 aromatic rings. The summed E-state index contributed by atoms with van der Waals surface area (Å²) in [4.78, 5) is 14.5. The van der Waals surface area contributed by atoms with Gasteiger partial charge in [-0.05, 0) is 48.6 Å². The van der Waals surface area contributed by atoms with Gasteiger partial charge in [-0.3, -0.25) is 4.79 Å². The van der Waals surface area contributed by atoms with Gasteiger partial charge in [0.15, 0.2) is 0 Å². The Bertz CT molecular complexity index is 508. The fourth-order valence-corrected chi connectivity index (χ4v) is 4.00. The number of aliphatic hydroxyl groups is 1. The predicted octanol–water partition coefficient (Wildman–Crippen LogP) is 3.15. The molecular formula is C19H27NO2. The second kappa shape index (κ2) is 7.28. The number of amides is 1. The highest BCUT2D eigenvalue weighted by atomic mass is 16.3. The molecule has 1 amide bonds. The molecule has 1 N–H and O–H groups in total. The second-order valence-corrected chi connectivity index (χ2v) is 7.03. The molecule has 3 heteroatoms. The molecular weight excluding hydrogens is 274 g/mol. The number of carbonyl (C=O) groups is 1. The van der Waals surface area contributed by atoms with E-state index >= 15 is 0 Å². The van der Waals surface area contributed by atoms with E-state index in [-0.39, 0.29) is 6.61 Å². The molecule has 1 saturated carbocycles. The van der Waals surface area contributed by atoms with Crippen LogP contribution >= 0.6 is 0 Å². The van der Waals surface area contributed by atoms with Gasteiger partial charge in [0.25, 0.3) is 0 Å². The number of hydrogen-bond donors (Lipinski definition) is 1. The number of nitrogens with zero attached hydrogens (tertiary/aromatic N) is 1. The Morgan fingerprint density at radius 1 is 1.14 bits per heavy atom. The SMILES string of the molecule is O=C(CC1CCCC1)N1CC[C@H](Cc2cccc(CO)c2)C1. The van der Waals surface area contributed by atoms with E-state index in [1.165, 1.54) is 31.2 Å². The summed E-state index contributed by atoms with van der Waals surface area (Å²) < 4.78 is 0. The van der Waals surface area contributed by atoms with Crippen molar-refractivity contribution in [3.8, 4) is 0 Å². The zero-order valence-electron chi connectivity index (χ0n) is 13.3. The molecule has 120 valence electrons. The van der Waals surface area contributed by atoms with E-state index < -0.39 is 0 Å². The van der Waals surface area contributed by atoms with Crippen LogP contribution in [0.4, 0.5) is 0 Å². The van der Waals surface area contributed by atoms with Crippen LogP contribution in [0.5, 0.6) is 0 Å². The molecule has 1 heterocycles. The van der Waals surface area contributed by atoms with E-state index in [0.29, 0.717) is 17.7 Å². The van der Waals surface area contributed by atoms with Crippen molar-refractivity contribution in [2.45, 2.75) is 51.6 Å². The standard InChI is InChI=1S/C19H27NO2/c21-14-18-7-3-6-16(11-18)10-17-8-9-20(13-17)19(22)12-15-4-1-2-5-15/h3,6-7,11,15,17,21H,1-2,4-5,8-10,12-14H2/t17-/m1/s1. The number of rotatable bonds is 5. The summed E-state index contributed by atoms with van der Waals surface area (Å²) in [5.74, 6) is 1.59. The molecule has 0 unspecified atom stereocenters. The summed E-state index contributed by atoms with van der Waals surface area (Å²) in [7, 11) is 0. The second-order valence-electron chi connectivity index (χ2n) is 7.03. The van der Waals surface area contributed by atoms with Gasteiger partial charge in [-0.1, -0.05) is 37.1 Å². The lowest BCUT2D eigenvalue weighted by Gasteiger charge is -2.19.